The van der Waals surface area contributed by atoms with Crippen LogP contribution in [0.3, 0.4) is 0 Å². The maximum absolute atomic E-state index is 12.8. The Morgan fingerprint density at radius 3 is 2.25 bits per heavy atom. The van der Waals surface area contributed by atoms with Gasteiger partial charge in [-0.25, -0.2) is 0 Å². The van der Waals surface area contributed by atoms with Crippen LogP contribution in [0.4, 0.5) is 0 Å². The maximum Gasteiger partial charge on any atom is 0.295 e. The van der Waals surface area contributed by atoms with Gasteiger partial charge in [0.25, 0.3) is 5.91 Å². The normalized spacial score (nSPS) is 16.6. The van der Waals surface area contributed by atoms with Gasteiger partial charge in [-0.05, 0) is 66.2 Å². The molecule has 0 aromatic heterocycles. The van der Waals surface area contributed by atoms with Gasteiger partial charge in [-0.15, -0.1) is 0 Å². The van der Waals surface area contributed by atoms with Gasteiger partial charge in [0.1, 0.15) is 0 Å². The number of ether oxygens (including phenoxy) is 1. The van der Waals surface area contributed by atoms with Crippen molar-refractivity contribution in [2.24, 2.45) is 0 Å². The van der Waals surface area contributed by atoms with E-state index in [1.165, 1.54) is 10.5 Å². The number of hydrogen-bond acceptors (Lipinski definition) is 4. The highest BCUT2D eigenvalue weighted by atomic mass is 16.5. The smallest absolute Gasteiger partial charge is 0.295 e. The van der Waals surface area contributed by atoms with Crippen LogP contribution in [-0.2, 0) is 25.2 Å². The van der Waals surface area contributed by atoms with Crippen molar-refractivity contribution in [3.8, 4) is 0 Å². The van der Waals surface area contributed by atoms with Crippen LogP contribution >= 0.6 is 0 Å². The molecule has 0 saturated heterocycles. The zero-order valence-electron chi connectivity index (χ0n) is 21.2. The van der Waals surface area contributed by atoms with E-state index in [1.807, 2.05) is 13.0 Å². The predicted molar refractivity (Wildman–Crippen MR) is 128 cm³/mol. The lowest BCUT2D eigenvalue weighted by Gasteiger charge is -2.33. The molecule has 1 aliphatic rings. The zero-order chi connectivity index (χ0) is 24.3. The number of benzene rings is 1. The van der Waals surface area contributed by atoms with Gasteiger partial charge in [0.2, 0.25) is 5.91 Å². The molecule has 1 aromatic carbocycles. The second-order valence-electron chi connectivity index (χ2n) is 10.2. The lowest BCUT2D eigenvalue weighted by Crippen LogP contribution is -2.43. The van der Waals surface area contributed by atoms with Crippen LogP contribution in [0.1, 0.15) is 104 Å². The van der Waals surface area contributed by atoms with Crippen molar-refractivity contribution in [1.29, 1.82) is 0 Å². The van der Waals surface area contributed by atoms with Crippen molar-refractivity contribution in [3.05, 3.63) is 46.2 Å². The molecule has 1 unspecified atom stereocenters. The highest BCUT2D eigenvalue weighted by molar-refractivity contribution is 6.07. The van der Waals surface area contributed by atoms with Crippen molar-refractivity contribution in [2.75, 3.05) is 13.2 Å². The maximum atomic E-state index is 12.8. The summed E-state index contributed by atoms with van der Waals surface area (Å²) in [6, 6.07) is 6.37. The molecule has 1 heterocycles. The van der Waals surface area contributed by atoms with E-state index in [0.717, 1.165) is 24.0 Å². The molecule has 5 nitrogen and oxygen atoms in total. The number of carbonyl (C=O) groups is 2. The minimum atomic E-state index is -0.766. The largest absolute Gasteiger partial charge is 0.488 e. The molecular formula is C27H41NO4. The van der Waals surface area contributed by atoms with E-state index in [2.05, 4.69) is 53.7 Å². The topological polar surface area (TPSA) is 66.8 Å². The highest BCUT2D eigenvalue weighted by Crippen LogP contribution is 2.38. The highest BCUT2D eigenvalue weighted by Gasteiger charge is 2.34. The monoisotopic (exact) mass is 443 g/mol. The molecule has 1 aliphatic heterocycles. The Morgan fingerprint density at radius 2 is 1.69 bits per heavy atom. The molecule has 1 N–H and O–H groups in total. The van der Waals surface area contributed by atoms with Crippen LogP contribution in [0.15, 0.2) is 29.5 Å². The number of imide groups is 1. The van der Waals surface area contributed by atoms with Crippen LogP contribution in [0.2, 0.25) is 0 Å². The van der Waals surface area contributed by atoms with Crippen molar-refractivity contribution in [2.45, 2.75) is 98.0 Å². The van der Waals surface area contributed by atoms with Crippen molar-refractivity contribution in [1.82, 2.24) is 4.90 Å². The molecule has 0 bridgehead atoms. The average Bonchev–Trinajstić information content (AvgIpc) is 2.75. The fourth-order valence-corrected chi connectivity index (χ4v) is 4.03. The second kappa shape index (κ2) is 10.2. The Morgan fingerprint density at radius 1 is 1.06 bits per heavy atom. The molecule has 2 amide bonds. The summed E-state index contributed by atoms with van der Waals surface area (Å²) in [5, 5.41) is 11.1. The van der Waals surface area contributed by atoms with Gasteiger partial charge in [0, 0.05) is 6.54 Å². The molecular weight excluding hydrogens is 402 g/mol. The van der Waals surface area contributed by atoms with E-state index in [-0.39, 0.29) is 35.5 Å². The minimum absolute atomic E-state index is 0.0502. The van der Waals surface area contributed by atoms with Crippen LogP contribution in [0.25, 0.3) is 0 Å². The minimum Gasteiger partial charge on any atom is -0.488 e. The van der Waals surface area contributed by atoms with Gasteiger partial charge in [0.05, 0.1) is 19.1 Å². The number of aliphatic hydroxyl groups is 1. The van der Waals surface area contributed by atoms with Crippen molar-refractivity contribution >= 4 is 11.8 Å². The van der Waals surface area contributed by atoms with Crippen LogP contribution in [-0.4, -0.2) is 35.0 Å². The second-order valence-corrected chi connectivity index (χ2v) is 10.2. The van der Waals surface area contributed by atoms with Crippen molar-refractivity contribution < 1.29 is 19.4 Å². The third-order valence-electron chi connectivity index (χ3n) is 7.15. The first-order chi connectivity index (χ1) is 14.9. The third kappa shape index (κ3) is 5.43. The van der Waals surface area contributed by atoms with Crippen LogP contribution in [0, 0.1) is 0 Å². The Labute approximate surface area is 193 Å². The number of nitrogens with zero attached hydrogens (tertiary/aromatic N) is 1. The Kier molecular flexibility index (Phi) is 8.33. The predicted octanol–water partition coefficient (Wildman–Crippen LogP) is 5.55. The molecule has 1 aromatic rings. The zero-order valence-corrected chi connectivity index (χ0v) is 21.2. The molecule has 0 radical (unpaired) electrons. The van der Waals surface area contributed by atoms with Gasteiger partial charge in [0.15, 0.2) is 5.76 Å². The van der Waals surface area contributed by atoms with Gasteiger partial charge in [-0.2, -0.15) is 0 Å². The first-order valence-corrected chi connectivity index (χ1v) is 11.9. The SMILES string of the molecule is CCOC1=C(C)CC(=O)N(CCC(O)c2ccc(C(C)(C)CC)cc2C(C)(C)CC)C1=O. The summed E-state index contributed by atoms with van der Waals surface area (Å²) in [4.78, 5) is 26.5. The molecule has 32 heavy (non-hydrogen) atoms. The Hall–Kier alpha value is -2.14. The van der Waals surface area contributed by atoms with Crippen LogP contribution < -0.4 is 0 Å². The summed E-state index contributed by atoms with van der Waals surface area (Å²) < 4.78 is 5.49. The number of hydrogen-bond donors (Lipinski definition) is 1. The van der Waals surface area contributed by atoms with E-state index in [9.17, 15) is 14.7 Å². The molecule has 2 rings (SSSR count). The van der Waals surface area contributed by atoms with Gasteiger partial charge in [-0.3, -0.25) is 14.5 Å². The molecule has 0 saturated carbocycles. The summed E-state index contributed by atoms with van der Waals surface area (Å²) in [7, 11) is 0. The standard InChI is InChI=1S/C27H41NO4/c1-9-26(5,6)19-12-13-20(21(17-19)27(7,8)10-2)22(29)14-15-28-23(30)16-18(4)24(25(28)31)32-11-3/h12-13,17,22,29H,9-11,14-16H2,1-8H3. The van der Waals surface area contributed by atoms with Gasteiger partial charge < -0.3 is 9.84 Å². The van der Waals surface area contributed by atoms with E-state index in [4.69, 9.17) is 4.74 Å². The summed E-state index contributed by atoms with van der Waals surface area (Å²) in [6.45, 7) is 17.3. The van der Waals surface area contributed by atoms with E-state index in [0.29, 0.717) is 18.6 Å². The molecule has 5 heteroatoms. The number of amides is 2. The third-order valence-corrected chi connectivity index (χ3v) is 7.15. The van der Waals surface area contributed by atoms with Gasteiger partial charge >= 0.3 is 0 Å². The van der Waals surface area contributed by atoms with E-state index >= 15 is 0 Å². The fraction of sp³-hybridized carbons (Fsp3) is 0.630. The summed E-state index contributed by atoms with van der Waals surface area (Å²) in [5.74, 6) is -0.375. The Balaban J connectivity index is 2.30. The van der Waals surface area contributed by atoms with E-state index in [1.54, 1.807) is 6.92 Å². The van der Waals surface area contributed by atoms with E-state index < -0.39 is 12.0 Å². The summed E-state index contributed by atoms with van der Waals surface area (Å²) >= 11 is 0. The van der Waals surface area contributed by atoms with Crippen LogP contribution in [0.5, 0.6) is 0 Å². The molecule has 0 aliphatic carbocycles. The molecule has 1 atom stereocenters. The quantitative estimate of drug-likeness (QED) is 0.481. The lowest BCUT2D eigenvalue weighted by molar-refractivity contribution is -0.146. The molecule has 0 fully saturated rings. The first kappa shape index (κ1) is 26.1. The lowest BCUT2D eigenvalue weighted by atomic mass is 9.74. The van der Waals surface area contributed by atoms with Gasteiger partial charge in [-0.1, -0.05) is 59.7 Å². The number of aliphatic hydroxyl groups excluding tert-OH is 1. The first-order valence-electron chi connectivity index (χ1n) is 11.9. The average molecular weight is 444 g/mol. The summed E-state index contributed by atoms with van der Waals surface area (Å²) in [5.41, 5.74) is 3.88. The Bertz CT molecular complexity index is 882. The summed E-state index contributed by atoms with van der Waals surface area (Å²) in [6.07, 6.45) is 1.66. The number of rotatable bonds is 10. The molecule has 0 spiro atoms. The van der Waals surface area contributed by atoms with Crippen molar-refractivity contribution in [3.63, 3.8) is 0 Å². The fourth-order valence-electron chi connectivity index (χ4n) is 4.03. The molecule has 178 valence electrons. The number of carbonyl (C=O) groups excluding carboxylic acids is 2.